The first-order chi connectivity index (χ1) is 10.9. The highest BCUT2D eigenvalue weighted by molar-refractivity contribution is 6.03. The van der Waals surface area contributed by atoms with Gasteiger partial charge in [-0.25, -0.2) is 4.79 Å². The van der Waals surface area contributed by atoms with Gasteiger partial charge in [0.15, 0.2) is 17.3 Å². The van der Waals surface area contributed by atoms with Gasteiger partial charge in [-0.05, 0) is 12.1 Å². The van der Waals surface area contributed by atoms with Crippen LogP contribution < -0.4 is 14.2 Å². The Morgan fingerprint density at radius 2 is 1.70 bits per heavy atom. The van der Waals surface area contributed by atoms with Crippen LogP contribution in [0, 0.1) is 0 Å². The summed E-state index contributed by atoms with van der Waals surface area (Å²) in [5.41, 5.74) is 0.153. The number of likely N-dealkylation sites (tertiary alicyclic amines) is 1. The average Bonchev–Trinajstić information content (AvgIpc) is 2.94. The summed E-state index contributed by atoms with van der Waals surface area (Å²) in [6.07, 6.45) is -0.189. The number of carbonyl (C=O) groups is 3. The third-order valence-corrected chi connectivity index (χ3v) is 3.60. The molecule has 0 radical (unpaired) electrons. The standard InChI is InChI=1S/C15H17NO7/c1-21-11-4-8(5-12(22-2)13(11)23-3)14(18)16-7-9(17)6-10(16)15(19)20/h4-5,10H,6-7H2,1-3H3,(H,19,20)/t10-/m0/s1. The van der Waals surface area contributed by atoms with Crippen LogP contribution >= 0.6 is 0 Å². The van der Waals surface area contributed by atoms with E-state index in [1.807, 2.05) is 0 Å². The van der Waals surface area contributed by atoms with Crippen molar-refractivity contribution in [2.24, 2.45) is 0 Å². The Bertz CT molecular complexity index is 630. The Kier molecular flexibility index (Phi) is 4.73. The van der Waals surface area contributed by atoms with Crippen LogP contribution in [0.5, 0.6) is 17.2 Å². The first-order valence-corrected chi connectivity index (χ1v) is 6.78. The molecule has 1 aliphatic rings. The second kappa shape index (κ2) is 6.55. The molecule has 1 N–H and O–H groups in total. The summed E-state index contributed by atoms with van der Waals surface area (Å²) < 4.78 is 15.5. The van der Waals surface area contributed by atoms with Gasteiger partial charge in [0.2, 0.25) is 5.75 Å². The van der Waals surface area contributed by atoms with Crippen LogP contribution in [0.4, 0.5) is 0 Å². The number of nitrogens with zero attached hydrogens (tertiary/aromatic N) is 1. The SMILES string of the molecule is COc1cc(C(=O)N2CC(=O)C[C@H]2C(=O)O)cc(OC)c1OC. The van der Waals surface area contributed by atoms with E-state index in [1.54, 1.807) is 0 Å². The van der Waals surface area contributed by atoms with Crippen molar-refractivity contribution in [3.05, 3.63) is 17.7 Å². The molecule has 1 saturated heterocycles. The zero-order chi connectivity index (χ0) is 17.1. The van der Waals surface area contributed by atoms with Gasteiger partial charge in [0.25, 0.3) is 5.91 Å². The first kappa shape index (κ1) is 16.6. The van der Waals surface area contributed by atoms with Crippen LogP contribution in [0.25, 0.3) is 0 Å². The van der Waals surface area contributed by atoms with E-state index in [0.717, 1.165) is 4.90 Å². The topological polar surface area (TPSA) is 102 Å². The maximum Gasteiger partial charge on any atom is 0.326 e. The van der Waals surface area contributed by atoms with E-state index >= 15 is 0 Å². The van der Waals surface area contributed by atoms with Crippen LogP contribution in [-0.4, -0.2) is 61.6 Å². The van der Waals surface area contributed by atoms with Crippen molar-refractivity contribution in [1.29, 1.82) is 0 Å². The predicted octanol–water partition coefficient (Wildman–Crippen LogP) is 0.581. The first-order valence-electron chi connectivity index (χ1n) is 6.78. The minimum absolute atomic E-state index is 0.153. The summed E-state index contributed by atoms with van der Waals surface area (Å²) in [4.78, 5) is 36.4. The van der Waals surface area contributed by atoms with Gasteiger partial charge in [-0.2, -0.15) is 0 Å². The van der Waals surface area contributed by atoms with E-state index in [9.17, 15) is 14.4 Å². The number of ether oxygens (including phenoxy) is 3. The highest BCUT2D eigenvalue weighted by atomic mass is 16.5. The Morgan fingerprint density at radius 3 is 2.13 bits per heavy atom. The molecule has 8 nitrogen and oxygen atoms in total. The van der Waals surface area contributed by atoms with Crippen LogP contribution in [0.2, 0.25) is 0 Å². The zero-order valence-electron chi connectivity index (χ0n) is 13.0. The summed E-state index contributed by atoms with van der Waals surface area (Å²) in [5, 5.41) is 9.17. The van der Waals surface area contributed by atoms with Gasteiger partial charge in [0.05, 0.1) is 27.9 Å². The number of amides is 1. The van der Waals surface area contributed by atoms with E-state index < -0.39 is 17.9 Å². The fourth-order valence-corrected chi connectivity index (χ4v) is 2.49. The maximum atomic E-state index is 12.6. The van der Waals surface area contributed by atoms with Gasteiger partial charge in [0, 0.05) is 12.0 Å². The smallest absolute Gasteiger partial charge is 0.326 e. The minimum Gasteiger partial charge on any atom is -0.493 e. The molecular weight excluding hydrogens is 306 g/mol. The molecule has 1 atom stereocenters. The van der Waals surface area contributed by atoms with E-state index in [2.05, 4.69) is 0 Å². The molecule has 1 amide bonds. The molecule has 1 aromatic carbocycles. The highest BCUT2D eigenvalue weighted by Gasteiger charge is 2.39. The van der Waals surface area contributed by atoms with Crippen molar-refractivity contribution >= 4 is 17.7 Å². The number of carboxylic acids is 1. The van der Waals surface area contributed by atoms with E-state index in [0.29, 0.717) is 5.75 Å². The zero-order valence-corrected chi connectivity index (χ0v) is 13.0. The summed E-state index contributed by atoms with van der Waals surface area (Å²) in [6, 6.07) is 1.69. The summed E-state index contributed by atoms with van der Waals surface area (Å²) in [6.45, 7) is -0.230. The molecule has 2 rings (SSSR count). The quantitative estimate of drug-likeness (QED) is 0.845. The van der Waals surface area contributed by atoms with Crippen LogP contribution in [0.3, 0.4) is 0 Å². The monoisotopic (exact) mass is 323 g/mol. The molecule has 0 saturated carbocycles. The van der Waals surface area contributed by atoms with Gasteiger partial charge in [-0.1, -0.05) is 0 Å². The van der Waals surface area contributed by atoms with E-state index in [1.165, 1.54) is 33.5 Å². The second-order valence-electron chi connectivity index (χ2n) is 4.94. The molecule has 1 fully saturated rings. The van der Waals surface area contributed by atoms with Crippen molar-refractivity contribution in [3.8, 4) is 17.2 Å². The van der Waals surface area contributed by atoms with Gasteiger partial charge >= 0.3 is 5.97 Å². The Balaban J connectivity index is 2.43. The number of Topliss-reactive ketones (excluding diaryl/α,β-unsaturated/α-hetero) is 1. The molecule has 0 unspecified atom stereocenters. The van der Waals surface area contributed by atoms with Gasteiger partial charge in [-0.15, -0.1) is 0 Å². The van der Waals surface area contributed by atoms with Crippen molar-refractivity contribution in [2.45, 2.75) is 12.5 Å². The molecular formula is C15H17NO7. The fraction of sp³-hybridized carbons (Fsp3) is 0.400. The lowest BCUT2D eigenvalue weighted by molar-refractivity contribution is -0.141. The number of benzene rings is 1. The predicted molar refractivity (Wildman–Crippen MR) is 78.2 cm³/mol. The third-order valence-electron chi connectivity index (χ3n) is 3.60. The normalized spacial score (nSPS) is 17.1. The summed E-state index contributed by atoms with van der Waals surface area (Å²) in [7, 11) is 4.25. The van der Waals surface area contributed by atoms with Crippen LogP contribution in [0.15, 0.2) is 12.1 Å². The number of aliphatic carboxylic acids is 1. The van der Waals surface area contributed by atoms with E-state index in [-0.39, 0.29) is 35.8 Å². The lowest BCUT2D eigenvalue weighted by Crippen LogP contribution is -2.40. The molecule has 1 heterocycles. The number of rotatable bonds is 5. The Hall–Kier alpha value is -2.77. The molecule has 124 valence electrons. The molecule has 8 heteroatoms. The molecule has 0 aliphatic carbocycles. The molecule has 1 aromatic rings. The minimum atomic E-state index is -1.21. The summed E-state index contributed by atoms with van der Waals surface area (Å²) >= 11 is 0. The number of ketones is 1. The molecule has 0 aromatic heterocycles. The molecule has 0 bridgehead atoms. The fourth-order valence-electron chi connectivity index (χ4n) is 2.49. The van der Waals surface area contributed by atoms with Crippen molar-refractivity contribution in [3.63, 3.8) is 0 Å². The van der Waals surface area contributed by atoms with Gasteiger partial charge in [0.1, 0.15) is 6.04 Å². The third kappa shape index (κ3) is 3.05. The number of methoxy groups -OCH3 is 3. The van der Waals surface area contributed by atoms with Gasteiger partial charge < -0.3 is 24.2 Å². The number of hydrogen-bond donors (Lipinski definition) is 1. The van der Waals surface area contributed by atoms with Crippen molar-refractivity contribution < 1.29 is 33.7 Å². The largest absolute Gasteiger partial charge is 0.493 e. The van der Waals surface area contributed by atoms with Crippen LogP contribution in [-0.2, 0) is 9.59 Å². The maximum absolute atomic E-state index is 12.6. The van der Waals surface area contributed by atoms with Crippen molar-refractivity contribution in [2.75, 3.05) is 27.9 Å². The molecule has 23 heavy (non-hydrogen) atoms. The second-order valence-corrected chi connectivity index (χ2v) is 4.94. The highest BCUT2D eigenvalue weighted by Crippen LogP contribution is 2.38. The number of hydrogen-bond acceptors (Lipinski definition) is 6. The number of carbonyl (C=O) groups excluding carboxylic acids is 2. The Morgan fingerprint density at radius 1 is 1.13 bits per heavy atom. The molecule has 1 aliphatic heterocycles. The lowest BCUT2D eigenvalue weighted by Gasteiger charge is -2.21. The van der Waals surface area contributed by atoms with Gasteiger partial charge in [-0.3, -0.25) is 9.59 Å². The van der Waals surface area contributed by atoms with E-state index in [4.69, 9.17) is 19.3 Å². The molecule has 0 spiro atoms. The average molecular weight is 323 g/mol. The lowest BCUT2D eigenvalue weighted by atomic mass is 10.1. The number of carboxylic acid groups (broad SMARTS) is 1. The summed E-state index contributed by atoms with van der Waals surface area (Å²) in [5.74, 6) is -1.23. The van der Waals surface area contributed by atoms with Crippen molar-refractivity contribution in [1.82, 2.24) is 4.90 Å². The van der Waals surface area contributed by atoms with Crippen LogP contribution in [0.1, 0.15) is 16.8 Å². The Labute approximate surface area is 132 Å².